The number of allylic oxidation sites excluding steroid dienone is 3. The average molecular weight is 520 g/mol. The molecule has 5 rings (SSSR count). The van der Waals surface area contributed by atoms with Crippen molar-refractivity contribution in [1.82, 2.24) is 5.32 Å². The molecule has 3 aromatic carbocycles. The number of phenolic OH excluding ortho intramolecular Hbond substituents is 1. The lowest BCUT2D eigenvalue weighted by molar-refractivity contribution is -0.140. The first-order valence-corrected chi connectivity index (χ1v) is 12.8. The summed E-state index contributed by atoms with van der Waals surface area (Å²) in [5.74, 6) is 2.04. The molecule has 2 atom stereocenters. The van der Waals surface area contributed by atoms with E-state index in [4.69, 9.17) is 15.9 Å². The van der Waals surface area contributed by atoms with E-state index in [0.717, 1.165) is 28.1 Å². The van der Waals surface area contributed by atoms with E-state index in [2.05, 4.69) is 11.2 Å². The standard InChI is InChI=1S/C33H29NO5/c1-4-21-12-14-22(15-13-21)19-39-33(37)30-20(2)34-27-17-24(26-10-5-6-11-29(26)38-3)18-28(36)32(27)31(30)23-8-7-9-25(35)16-23/h1,5-16,24,31,34-35H,17-19H2,2-3H3. The maximum absolute atomic E-state index is 13.8. The maximum Gasteiger partial charge on any atom is 0.337 e. The largest absolute Gasteiger partial charge is 0.508 e. The van der Waals surface area contributed by atoms with Crippen LogP contribution in [0, 0.1) is 12.3 Å². The summed E-state index contributed by atoms with van der Waals surface area (Å²) >= 11 is 0. The summed E-state index contributed by atoms with van der Waals surface area (Å²) in [6.45, 7) is 1.87. The van der Waals surface area contributed by atoms with Crippen LogP contribution in [0.4, 0.5) is 0 Å². The molecule has 196 valence electrons. The van der Waals surface area contributed by atoms with E-state index in [9.17, 15) is 14.7 Å². The summed E-state index contributed by atoms with van der Waals surface area (Å²) < 4.78 is 11.3. The van der Waals surface area contributed by atoms with Crippen LogP contribution in [-0.2, 0) is 20.9 Å². The average Bonchev–Trinajstić information content (AvgIpc) is 2.95. The smallest absolute Gasteiger partial charge is 0.337 e. The van der Waals surface area contributed by atoms with Gasteiger partial charge in [0.25, 0.3) is 0 Å². The molecular weight excluding hydrogens is 490 g/mol. The molecule has 0 aromatic heterocycles. The number of ketones is 1. The van der Waals surface area contributed by atoms with Crippen LogP contribution in [0.5, 0.6) is 11.5 Å². The van der Waals surface area contributed by atoms with Crippen LogP contribution in [0.25, 0.3) is 0 Å². The van der Waals surface area contributed by atoms with E-state index in [0.29, 0.717) is 28.8 Å². The Bertz CT molecular complexity index is 1540. The highest BCUT2D eigenvalue weighted by Crippen LogP contribution is 2.47. The highest BCUT2D eigenvalue weighted by atomic mass is 16.5. The summed E-state index contributed by atoms with van der Waals surface area (Å²) in [7, 11) is 1.62. The van der Waals surface area contributed by atoms with Crippen LogP contribution in [-0.4, -0.2) is 24.0 Å². The number of terminal acetylenes is 1. The van der Waals surface area contributed by atoms with E-state index in [-0.39, 0.29) is 30.5 Å². The number of benzene rings is 3. The Morgan fingerprint density at radius 1 is 1.08 bits per heavy atom. The fraction of sp³-hybridized carbons (Fsp3) is 0.212. The van der Waals surface area contributed by atoms with Crippen molar-refractivity contribution in [2.24, 2.45) is 0 Å². The molecular formula is C33H29NO5. The second-order valence-electron chi connectivity index (χ2n) is 9.77. The van der Waals surface area contributed by atoms with Crippen molar-refractivity contribution in [1.29, 1.82) is 0 Å². The molecule has 0 amide bonds. The number of ether oxygens (including phenoxy) is 2. The number of methoxy groups -OCH3 is 1. The van der Waals surface area contributed by atoms with Crippen molar-refractivity contribution in [3.63, 3.8) is 0 Å². The number of hydrogen-bond acceptors (Lipinski definition) is 6. The number of para-hydroxylation sites is 1. The Morgan fingerprint density at radius 2 is 1.85 bits per heavy atom. The first kappa shape index (κ1) is 25.9. The summed E-state index contributed by atoms with van der Waals surface area (Å²) in [6.07, 6.45) is 6.29. The predicted octanol–water partition coefficient (Wildman–Crippen LogP) is 5.49. The van der Waals surface area contributed by atoms with Gasteiger partial charge in [-0.2, -0.15) is 0 Å². The van der Waals surface area contributed by atoms with Crippen LogP contribution < -0.4 is 10.1 Å². The molecule has 39 heavy (non-hydrogen) atoms. The first-order chi connectivity index (χ1) is 18.9. The van der Waals surface area contributed by atoms with Crippen molar-refractivity contribution in [2.75, 3.05) is 7.11 Å². The molecule has 0 bridgehead atoms. The number of carbonyl (C=O) groups is 2. The van der Waals surface area contributed by atoms with Gasteiger partial charge in [0.05, 0.1) is 12.7 Å². The van der Waals surface area contributed by atoms with Crippen LogP contribution >= 0.6 is 0 Å². The van der Waals surface area contributed by atoms with Gasteiger partial charge in [-0.15, -0.1) is 6.42 Å². The SMILES string of the molecule is C#Cc1ccc(COC(=O)C2=C(C)NC3=C(C(=O)CC(c4ccccc4OC)C3)C2c2cccc(O)c2)cc1. The minimum Gasteiger partial charge on any atom is -0.508 e. The lowest BCUT2D eigenvalue weighted by Crippen LogP contribution is -2.36. The Hall–Kier alpha value is -4.76. The third-order valence-electron chi connectivity index (χ3n) is 7.32. The van der Waals surface area contributed by atoms with Gasteiger partial charge in [-0.1, -0.05) is 48.4 Å². The molecule has 0 saturated carbocycles. The number of nitrogens with one attached hydrogen (secondary N) is 1. The summed E-state index contributed by atoms with van der Waals surface area (Å²) in [4.78, 5) is 27.4. The van der Waals surface area contributed by atoms with Gasteiger partial charge in [-0.05, 0) is 60.4 Å². The molecule has 1 aliphatic heterocycles. The summed E-state index contributed by atoms with van der Waals surface area (Å²) in [5, 5.41) is 13.6. The fourth-order valence-corrected chi connectivity index (χ4v) is 5.49. The number of hydrogen-bond donors (Lipinski definition) is 2. The molecule has 0 spiro atoms. The van der Waals surface area contributed by atoms with Crippen LogP contribution in [0.2, 0.25) is 0 Å². The van der Waals surface area contributed by atoms with Gasteiger partial charge >= 0.3 is 5.97 Å². The van der Waals surface area contributed by atoms with Gasteiger partial charge in [0.1, 0.15) is 18.1 Å². The molecule has 2 N–H and O–H groups in total. The Balaban J connectivity index is 1.50. The number of phenols is 1. The van der Waals surface area contributed by atoms with Crippen molar-refractivity contribution in [2.45, 2.75) is 38.2 Å². The molecule has 1 heterocycles. The maximum atomic E-state index is 13.8. The molecule has 6 nitrogen and oxygen atoms in total. The Labute approximate surface area is 228 Å². The molecule has 0 radical (unpaired) electrons. The quantitative estimate of drug-likeness (QED) is 0.331. The minimum atomic E-state index is -0.671. The summed E-state index contributed by atoms with van der Waals surface area (Å²) in [6, 6.07) is 21.6. The lowest BCUT2D eigenvalue weighted by Gasteiger charge is -2.37. The predicted molar refractivity (Wildman–Crippen MR) is 148 cm³/mol. The fourth-order valence-electron chi connectivity index (χ4n) is 5.49. The highest BCUT2D eigenvalue weighted by molar-refractivity contribution is 6.04. The first-order valence-electron chi connectivity index (χ1n) is 12.8. The third-order valence-corrected chi connectivity index (χ3v) is 7.32. The Morgan fingerprint density at radius 3 is 2.56 bits per heavy atom. The van der Waals surface area contributed by atoms with Crippen LogP contribution in [0.3, 0.4) is 0 Å². The van der Waals surface area contributed by atoms with Crippen molar-refractivity contribution in [3.8, 4) is 23.8 Å². The lowest BCUT2D eigenvalue weighted by atomic mass is 9.71. The molecule has 2 aliphatic rings. The molecule has 3 aromatic rings. The number of dihydropyridines is 1. The molecule has 2 unspecified atom stereocenters. The number of rotatable bonds is 6. The molecule has 1 aliphatic carbocycles. The monoisotopic (exact) mass is 519 g/mol. The van der Waals surface area contributed by atoms with Gasteiger partial charge in [-0.25, -0.2) is 4.79 Å². The second-order valence-corrected chi connectivity index (χ2v) is 9.77. The molecule has 6 heteroatoms. The van der Waals surface area contributed by atoms with Crippen molar-refractivity contribution < 1.29 is 24.2 Å². The zero-order chi connectivity index (χ0) is 27.5. The van der Waals surface area contributed by atoms with Crippen molar-refractivity contribution in [3.05, 3.63) is 118 Å². The third kappa shape index (κ3) is 5.17. The van der Waals surface area contributed by atoms with E-state index in [1.54, 1.807) is 37.4 Å². The van der Waals surface area contributed by atoms with Crippen molar-refractivity contribution >= 4 is 11.8 Å². The molecule has 0 saturated heterocycles. The van der Waals surface area contributed by atoms with E-state index in [1.807, 2.05) is 49.4 Å². The number of aromatic hydroxyl groups is 1. The summed E-state index contributed by atoms with van der Waals surface area (Å²) in [5.41, 5.74) is 5.43. The normalized spacial score (nSPS) is 18.6. The minimum absolute atomic E-state index is 0.0577. The Kier molecular flexibility index (Phi) is 7.25. The number of carbonyl (C=O) groups excluding carboxylic acids is 2. The van der Waals surface area contributed by atoms with Crippen LogP contribution in [0.15, 0.2) is 95.3 Å². The van der Waals surface area contributed by atoms with E-state index >= 15 is 0 Å². The van der Waals surface area contributed by atoms with Crippen LogP contribution in [0.1, 0.15) is 53.9 Å². The zero-order valence-corrected chi connectivity index (χ0v) is 21.9. The van der Waals surface area contributed by atoms with E-state index < -0.39 is 11.9 Å². The second kappa shape index (κ2) is 10.9. The topological polar surface area (TPSA) is 84.9 Å². The van der Waals surface area contributed by atoms with E-state index in [1.165, 1.54) is 0 Å². The van der Waals surface area contributed by atoms with Gasteiger partial charge < -0.3 is 19.9 Å². The molecule has 0 fully saturated rings. The van der Waals surface area contributed by atoms with Gasteiger partial charge in [0.2, 0.25) is 0 Å². The number of Topliss-reactive ketones (excluding diaryl/α,β-unsaturated/α-hetero) is 1. The number of esters is 1. The van der Waals surface area contributed by atoms with Gasteiger partial charge in [-0.3, -0.25) is 4.79 Å². The highest BCUT2D eigenvalue weighted by Gasteiger charge is 2.42. The zero-order valence-electron chi connectivity index (χ0n) is 21.9. The van der Waals surface area contributed by atoms with Gasteiger partial charge in [0, 0.05) is 40.8 Å². The van der Waals surface area contributed by atoms with Gasteiger partial charge in [0.15, 0.2) is 5.78 Å².